The van der Waals surface area contributed by atoms with E-state index in [-0.39, 0.29) is 11.3 Å². The molecule has 2 aromatic rings. The van der Waals surface area contributed by atoms with Gasteiger partial charge in [-0.2, -0.15) is 0 Å². The Morgan fingerprint density at radius 3 is 2.35 bits per heavy atom. The van der Waals surface area contributed by atoms with Crippen molar-refractivity contribution in [2.45, 2.75) is 33.2 Å². The average molecular weight is 467 g/mol. The number of rotatable bonds is 11. The summed E-state index contributed by atoms with van der Waals surface area (Å²) in [5.41, 5.74) is 1.26. The van der Waals surface area contributed by atoms with E-state index in [0.29, 0.717) is 30.2 Å². The molecule has 0 radical (unpaired) electrons. The van der Waals surface area contributed by atoms with Crippen molar-refractivity contribution in [1.29, 1.82) is 0 Å². The lowest BCUT2D eigenvalue weighted by Crippen LogP contribution is -2.33. The van der Waals surface area contributed by atoms with Gasteiger partial charge in [-0.1, -0.05) is 38.1 Å². The molecule has 1 saturated heterocycles. The SMILES string of the molecule is CCOc1ccc([C@@H]2C(=C(O)c3cccc(OC)c3)C(=O)C(=O)N2CCCN(CC)CC)cc1. The molecule has 34 heavy (non-hydrogen) atoms. The number of nitrogens with zero attached hydrogens (tertiary/aromatic N) is 2. The van der Waals surface area contributed by atoms with Crippen molar-refractivity contribution in [1.82, 2.24) is 9.80 Å². The summed E-state index contributed by atoms with van der Waals surface area (Å²) in [5, 5.41) is 11.2. The number of Topliss-reactive ketones (excluding diaryl/α,β-unsaturated/α-hetero) is 1. The fraction of sp³-hybridized carbons (Fsp3) is 0.407. The van der Waals surface area contributed by atoms with Crippen LogP contribution in [0.1, 0.15) is 44.4 Å². The first-order valence-corrected chi connectivity index (χ1v) is 11.8. The molecule has 1 aliphatic heterocycles. The first-order valence-electron chi connectivity index (χ1n) is 11.8. The first kappa shape index (κ1) is 25.3. The number of hydrogen-bond donors (Lipinski definition) is 1. The predicted molar refractivity (Wildman–Crippen MR) is 132 cm³/mol. The van der Waals surface area contributed by atoms with E-state index in [4.69, 9.17) is 9.47 Å². The molecule has 1 heterocycles. The molecule has 0 unspecified atom stereocenters. The van der Waals surface area contributed by atoms with Crippen LogP contribution in [0.15, 0.2) is 54.1 Å². The quantitative estimate of drug-likeness (QED) is 0.303. The van der Waals surface area contributed by atoms with Crippen molar-refractivity contribution in [3.8, 4) is 11.5 Å². The smallest absolute Gasteiger partial charge is 0.295 e. The summed E-state index contributed by atoms with van der Waals surface area (Å²) in [6, 6.07) is 13.5. The number of carbonyl (C=O) groups is 2. The highest BCUT2D eigenvalue weighted by molar-refractivity contribution is 6.46. The van der Waals surface area contributed by atoms with E-state index in [1.54, 1.807) is 29.2 Å². The van der Waals surface area contributed by atoms with Crippen LogP contribution in [0.4, 0.5) is 0 Å². The summed E-state index contributed by atoms with van der Waals surface area (Å²) >= 11 is 0. The molecule has 2 aromatic carbocycles. The van der Waals surface area contributed by atoms with Gasteiger partial charge in [0.25, 0.3) is 11.7 Å². The van der Waals surface area contributed by atoms with Gasteiger partial charge >= 0.3 is 0 Å². The van der Waals surface area contributed by atoms with Crippen LogP contribution >= 0.6 is 0 Å². The van der Waals surface area contributed by atoms with E-state index in [1.807, 2.05) is 31.2 Å². The van der Waals surface area contributed by atoms with Gasteiger partial charge < -0.3 is 24.4 Å². The highest BCUT2D eigenvalue weighted by Crippen LogP contribution is 2.40. The molecular weight excluding hydrogens is 432 g/mol. The Labute approximate surface area is 201 Å². The lowest BCUT2D eigenvalue weighted by Gasteiger charge is -2.27. The van der Waals surface area contributed by atoms with Crippen molar-refractivity contribution >= 4 is 17.4 Å². The van der Waals surface area contributed by atoms with Crippen LogP contribution in [0.5, 0.6) is 11.5 Å². The van der Waals surface area contributed by atoms with Crippen molar-refractivity contribution < 1.29 is 24.2 Å². The fourth-order valence-corrected chi connectivity index (χ4v) is 4.30. The van der Waals surface area contributed by atoms with Gasteiger partial charge in [-0.3, -0.25) is 9.59 Å². The van der Waals surface area contributed by atoms with Crippen molar-refractivity contribution in [3.05, 3.63) is 65.2 Å². The molecule has 1 fully saturated rings. The van der Waals surface area contributed by atoms with Gasteiger partial charge in [-0.25, -0.2) is 0 Å². The lowest BCUT2D eigenvalue weighted by atomic mass is 9.95. The zero-order valence-corrected chi connectivity index (χ0v) is 20.4. The van der Waals surface area contributed by atoms with Crippen LogP contribution in [0.25, 0.3) is 5.76 Å². The molecule has 1 atom stereocenters. The number of aliphatic hydroxyl groups excluding tert-OH is 1. The van der Waals surface area contributed by atoms with Gasteiger partial charge in [0.1, 0.15) is 17.3 Å². The van der Waals surface area contributed by atoms with Gasteiger partial charge in [0, 0.05) is 12.1 Å². The van der Waals surface area contributed by atoms with Crippen LogP contribution in [0.3, 0.4) is 0 Å². The number of carbonyl (C=O) groups excluding carboxylic acids is 2. The number of benzene rings is 2. The van der Waals surface area contributed by atoms with Gasteiger partial charge in [-0.05, 0) is 62.8 Å². The third-order valence-electron chi connectivity index (χ3n) is 6.16. The third-order valence-corrected chi connectivity index (χ3v) is 6.16. The minimum Gasteiger partial charge on any atom is -0.507 e. The monoisotopic (exact) mass is 466 g/mol. The zero-order valence-electron chi connectivity index (χ0n) is 20.4. The Kier molecular flexibility index (Phi) is 8.71. The Morgan fingerprint density at radius 2 is 1.74 bits per heavy atom. The third kappa shape index (κ3) is 5.42. The molecule has 3 rings (SSSR count). The molecule has 0 aromatic heterocycles. The van der Waals surface area contributed by atoms with Gasteiger partial charge in [0.15, 0.2) is 0 Å². The largest absolute Gasteiger partial charge is 0.507 e. The molecule has 0 spiro atoms. The van der Waals surface area contributed by atoms with E-state index in [9.17, 15) is 14.7 Å². The summed E-state index contributed by atoms with van der Waals surface area (Å²) in [4.78, 5) is 30.1. The number of ether oxygens (including phenoxy) is 2. The normalized spacial score (nSPS) is 17.4. The maximum Gasteiger partial charge on any atom is 0.295 e. The lowest BCUT2D eigenvalue weighted by molar-refractivity contribution is -0.140. The number of aliphatic hydroxyl groups is 1. The number of amides is 1. The van der Waals surface area contributed by atoms with Crippen LogP contribution in [0, 0.1) is 0 Å². The number of likely N-dealkylation sites (tertiary alicyclic amines) is 1. The molecule has 182 valence electrons. The highest BCUT2D eigenvalue weighted by Gasteiger charge is 2.45. The van der Waals surface area contributed by atoms with Gasteiger partial charge in [0.2, 0.25) is 0 Å². The van der Waals surface area contributed by atoms with Crippen LogP contribution < -0.4 is 9.47 Å². The Balaban J connectivity index is 2.03. The molecule has 0 bridgehead atoms. The minimum atomic E-state index is -0.682. The second kappa shape index (κ2) is 11.7. The molecule has 0 saturated carbocycles. The minimum absolute atomic E-state index is 0.0882. The first-order chi connectivity index (χ1) is 16.4. The van der Waals surface area contributed by atoms with Crippen molar-refractivity contribution in [3.63, 3.8) is 0 Å². The van der Waals surface area contributed by atoms with E-state index in [1.165, 1.54) is 7.11 Å². The van der Waals surface area contributed by atoms with Gasteiger partial charge in [0.05, 0.1) is 25.3 Å². The number of hydrogen-bond acceptors (Lipinski definition) is 6. The fourth-order valence-electron chi connectivity index (χ4n) is 4.30. The average Bonchev–Trinajstić information content (AvgIpc) is 3.12. The molecule has 0 aliphatic carbocycles. The van der Waals surface area contributed by atoms with E-state index < -0.39 is 17.7 Å². The molecule has 1 N–H and O–H groups in total. The molecule has 1 amide bonds. The summed E-state index contributed by atoms with van der Waals surface area (Å²) in [6.07, 6.45) is 0.724. The summed E-state index contributed by atoms with van der Waals surface area (Å²) in [5.74, 6) is -0.222. The predicted octanol–water partition coefficient (Wildman–Crippen LogP) is 4.25. The van der Waals surface area contributed by atoms with Crippen LogP contribution in [-0.2, 0) is 9.59 Å². The van der Waals surface area contributed by atoms with Crippen LogP contribution in [-0.4, -0.2) is 66.5 Å². The summed E-state index contributed by atoms with van der Waals surface area (Å²) in [7, 11) is 1.54. The number of ketones is 1. The van der Waals surface area contributed by atoms with Crippen molar-refractivity contribution in [2.24, 2.45) is 0 Å². The molecule has 7 heteroatoms. The Morgan fingerprint density at radius 1 is 1.03 bits per heavy atom. The molecule has 1 aliphatic rings. The summed E-state index contributed by atoms with van der Waals surface area (Å²) < 4.78 is 10.8. The Hall–Kier alpha value is -3.32. The second-order valence-electron chi connectivity index (χ2n) is 8.11. The number of methoxy groups -OCH3 is 1. The maximum atomic E-state index is 13.2. The molecule has 7 nitrogen and oxygen atoms in total. The topological polar surface area (TPSA) is 79.3 Å². The highest BCUT2D eigenvalue weighted by atomic mass is 16.5. The van der Waals surface area contributed by atoms with Crippen molar-refractivity contribution in [2.75, 3.05) is 39.9 Å². The maximum absolute atomic E-state index is 13.2. The molecular formula is C27H34N2O5. The van der Waals surface area contributed by atoms with Gasteiger partial charge in [-0.15, -0.1) is 0 Å². The van der Waals surface area contributed by atoms with Crippen LogP contribution in [0.2, 0.25) is 0 Å². The summed E-state index contributed by atoms with van der Waals surface area (Å²) in [6.45, 7) is 9.73. The Bertz CT molecular complexity index is 1030. The van der Waals surface area contributed by atoms with E-state index in [0.717, 1.165) is 31.6 Å². The second-order valence-corrected chi connectivity index (χ2v) is 8.11. The van der Waals surface area contributed by atoms with E-state index >= 15 is 0 Å². The van der Waals surface area contributed by atoms with E-state index in [2.05, 4.69) is 18.7 Å². The zero-order chi connectivity index (χ0) is 24.7. The standard InChI is InChI=1S/C27H34N2O5/c1-5-28(6-2)16-9-17-29-24(19-12-14-21(15-13-19)34-7-3)23(26(31)27(29)32)25(30)20-10-8-11-22(18-20)33-4/h8,10-15,18,24,30H,5-7,9,16-17H2,1-4H3/t24-/m1/s1.